The summed E-state index contributed by atoms with van der Waals surface area (Å²) in [7, 11) is 0. The van der Waals surface area contributed by atoms with Gasteiger partial charge in [-0.25, -0.2) is 4.79 Å². The maximum absolute atomic E-state index is 11.9. The third kappa shape index (κ3) is 4.79. The van der Waals surface area contributed by atoms with Gasteiger partial charge in [0.1, 0.15) is 5.75 Å². The van der Waals surface area contributed by atoms with E-state index < -0.39 is 0 Å². The van der Waals surface area contributed by atoms with Gasteiger partial charge in [0.25, 0.3) is 0 Å². The van der Waals surface area contributed by atoms with Gasteiger partial charge in [-0.3, -0.25) is 0 Å². The third-order valence-corrected chi connectivity index (χ3v) is 3.93. The Hall–Kier alpha value is -2.01. The average Bonchev–Trinajstić information content (AvgIpc) is 2.95. The van der Waals surface area contributed by atoms with Gasteiger partial charge in [-0.1, -0.05) is 6.07 Å². The second-order valence-corrected chi connectivity index (χ2v) is 5.65. The first-order chi connectivity index (χ1) is 10.2. The molecule has 0 atom stereocenters. The van der Waals surface area contributed by atoms with Gasteiger partial charge in [0.05, 0.1) is 6.61 Å². The molecule has 2 aromatic rings. The standard InChI is InChI=1S/C16H20N2O2S/c1-3-20-13-6-7-15(12(2)11-13)18-16(19)17-9-8-14-5-4-10-21-14/h4-7,10-11H,3,8-9H2,1-2H3,(H2,17,18,19). The van der Waals surface area contributed by atoms with Crippen LogP contribution < -0.4 is 15.4 Å². The molecule has 0 spiro atoms. The number of rotatable bonds is 6. The van der Waals surface area contributed by atoms with Crippen molar-refractivity contribution < 1.29 is 9.53 Å². The molecular formula is C16H20N2O2S. The molecule has 0 aliphatic rings. The molecular weight excluding hydrogens is 284 g/mol. The molecule has 0 radical (unpaired) electrons. The molecule has 112 valence electrons. The monoisotopic (exact) mass is 304 g/mol. The van der Waals surface area contributed by atoms with E-state index in [9.17, 15) is 4.79 Å². The van der Waals surface area contributed by atoms with Crippen LogP contribution in [0, 0.1) is 6.92 Å². The molecule has 5 heteroatoms. The lowest BCUT2D eigenvalue weighted by Crippen LogP contribution is -2.30. The smallest absolute Gasteiger partial charge is 0.319 e. The molecule has 1 aromatic heterocycles. The van der Waals surface area contributed by atoms with E-state index in [1.807, 2.05) is 43.5 Å². The number of urea groups is 1. The zero-order valence-corrected chi connectivity index (χ0v) is 13.1. The third-order valence-electron chi connectivity index (χ3n) is 2.99. The quantitative estimate of drug-likeness (QED) is 0.852. The molecule has 2 N–H and O–H groups in total. The first kappa shape index (κ1) is 15.4. The highest BCUT2D eigenvalue weighted by atomic mass is 32.1. The largest absolute Gasteiger partial charge is 0.494 e. The summed E-state index contributed by atoms with van der Waals surface area (Å²) in [5, 5.41) is 7.76. The van der Waals surface area contributed by atoms with Crippen LogP contribution in [-0.2, 0) is 6.42 Å². The summed E-state index contributed by atoms with van der Waals surface area (Å²) < 4.78 is 5.43. The number of carbonyl (C=O) groups is 1. The van der Waals surface area contributed by atoms with Crippen molar-refractivity contribution in [3.63, 3.8) is 0 Å². The van der Waals surface area contributed by atoms with Crippen molar-refractivity contribution in [2.75, 3.05) is 18.5 Å². The molecule has 0 fully saturated rings. The highest BCUT2D eigenvalue weighted by Crippen LogP contribution is 2.21. The summed E-state index contributed by atoms with van der Waals surface area (Å²) >= 11 is 1.70. The Morgan fingerprint density at radius 2 is 2.19 bits per heavy atom. The fourth-order valence-electron chi connectivity index (χ4n) is 1.95. The van der Waals surface area contributed by atoms with Crippen molar-refractivity contribution in [2.45, 2.75) is 20.3 Å². The van der Waals surface area contributed by atoms with E-state index in [0.717, 1.165) is 23.4 Å². The number of ether oxygens (including phenoxy) is 1. The first-order valence-electron chi connectivity index (χ1n) is 6.99. The summed E-state index contributed by atoms with van der Waals surface area (Å²) in [5.74, 6) is 0.818. The number of hydrogen-bond donors (Lipinski definition) is 2. The predicted octanol–water partition coefficient (Wildman–Crippen LogP) is 3.82. The van der Waals surface area contributed by atoms with Gasteiger partial charge in [-0.15, -0.1) is 11.3 Å². The highest BCUT2D eigenvalue weighted by molar-refractivity contribution is 7.09. The van der Waals surface area contributed by atoms with Crippen molar-refractivity contribution in [3.8, 4) is 5.75 Å². The fourth-order valence-corrected chi connectivity index (χ4v) is 2.66. The van der Waals surface area contributed by atoms with Gasteiger partial charge in [-0.2, -0.15) is 0 Å². The topological polar surface area (TPSA) is 50.4 Å². The molecule has 0 saturated heterocycles. The lowest BCUT2D eigenvalue weighted by Gasteiger charge is -2.11. The molecule has 0 unspecified atom stereocenters. The zero-order valence-electron chi connectivity index (χ0n) is 12.3. The van der Waals surface area contributed by atoms with Gasteiger partial charge in [0, 0.05) is 17.1 Å². The number of anilines is 1. The molecule has 0 saturated carbocycles. The maximum Gasteiger partial charge on any atom is 0.319 e. The number of hydrogen-bond acceptors (Lipinski definition) is 3. The van der Waals surface area contributed by atoms with Crippen molar-refractivity contribution >= 4 is 23.1 Å². The maximum atomic E-state index is 11.9. The van der Waals surface area contributed by atoms with Crippen LogP contribution >= 0.6 is 11.3 Å². The number of aryl methyl sites for hydroxylation is 1. The van der Waals surface area contributed by atoms with Crippen LogP contribution in [0.25, 0.3) is 0 Å². The Morgan fingerprint density at radius 3 is 2.86 bits per heavy atom. The summed E-state index contributed by atoms with van der Waals surface area (Å²) in [6.45, 7) is 5.16. The van der Waals surface area contributed by atoms with E-state index >= 15 is 0 Å². The van der Waals surface area contributed by atoms with Crippen LogP contribution in [0.4, 0.5) is 10.5 Å². The highest BCUT2D eigenvalue weighted by Gasteiger charge is 2.05. The normalized spacial score (nSPS) is 10.2. The number of amides is 2. The minimum Gasteiger partial charge on any atom is -0.494 e. The van der Waals surface area contributed by atoms with Crippen molar-refractivity contribution in [3.05, 3.63) is 46.2 Å². The minimum absolute atomic E-state index is 0.182. The summed E-state index contributed by atoms with van der Waals surface area (Å²) in [6, 6.07) is 9.55. The first-order valence-corrected chi connectivity index (χ1v) is 7.87. The van der Waals surface area contributed by atoms with E-state index in [0.29, 0.717) is 13.2 Å². The van der Waals surface area contributed by atoms with Crippen LogP contribution in [0.15, 0.2) is 35.7 Å². The molecule has 21 heavy (non-hydrogen) atoms. The van der Waals surface area contributed by atoms with E-state index in [1.165, 1.54) is 4.88 Å². The van der Waals surface area contributed by atoms with E-state index in [-0.39, 0.29) is 6.03 Å². The summed E-state index contributed by atoms with van der Waals surface area (Å²) in [6.07, 6.45) is 0.855. The van der Waals surface area contributed by atoms with Gasteiger partial charge < -0.3 is 15.4 Å². The molecule has 4 nitrogen and oxygen atoms in total. The van der Waals surface area contributed by atoms with Crippen molar-refractivity contribution in [2.24, 2.45) is 0 Å². The molecule has 0 bridgehead atoms. The Labute approximate surface area is 129 Å². The Morgan fingerprint density at radius 1 is 1.33 bits per heavy atom. The molecule has 1 heterocycles. The second-order valence-electron chi connectivity index (χ2n) is 4.62. The molecule has 0 aliphatic heterocycles. The lowest BCUT2D eigenvalue weighted by atomic mass is 10.2. The lowest BCUT2D eigenvalue weighted by molar-refractivity contribution is 0.252. The van der Waals surface area contributed by atoms with E-state index in [4.69, 9.17) is 4.74 Å². The molecule has 2 amide bonds. The SMILES string of the molecule is CCOc1ccc(NC(=O)NCCc2cccs2)c(C)c1. The van der Waals surface area contributed by atoms with E-state index in [2.05, 4.69) is 16.7 Å². The Bertz CT molecular complexity index is 582. The fraction of sp³-hybridized carbons (Fsp3) is 0.312. The van der Waals surface area contributed by atoms with Gasteiger partial charge in [-0.05, 0) is 55.5 Å². The molecule has 2 rings (SSSR count). The van der Waals surface area contributed by atoms with Crippen LogP contribution in [0.2, 0.25) is 0 Å². The number of thiophene rings is 1. The van der Waals surface area contributed by atoms with Crippen molar-refractivity contribution in [1.29, 1.82) is 0 Å². The van der Waals surface area contributed by atoms with Crippen molar-refractivity contribution in [1.82, 2.24) is 5.32 Å². The Balaban J connectivity index is 1.81. The Kier molecular flexibility index (Phi) is 5.63. The summed E-state index contributed by atoms with van der Waals surface area (Å²) in [4.78, 5) is 13.1. The van der Waals surface area contributed by atoms with Crippen LogP contribution in [0.5, 0.6) is 5.75 Å². The predicted molar refractivity (Wildman–Crippen MR) is 87.4 cm³/mol. The minimum atomic E-state index is -0.182. The van der Waals surface area contributed by atoms with Crippen LogP contribution in [0.3, 0.4) is 0 Å². The molecule has 1 aromatic carbocycles. The molecule has 0 aliphatic carbocycles. The van der Waals surface area contributed by atoms with Crippen LogP contribution in [0.1, 0.15) is 17.4 Å². The van der Waals surface area contributed by atoms with Gasteiger partial charge in [0.15, 0.2) is 0 Å². The summed E-state index contributed by atoms with van der Waals surface area (Å²) in [5.41, 5.74) is 1.78. The number of benzene rings is 1. The second kappa shape index (κ2) is 7.69. The number of nitrogens with one attached hydrogen (secondary N) is 2. The van der Waals surface area contributed by atoms with Gasteiger partial charge in [0.2, 0.25) is 0 Å². The number of carbonyl (C=O) groups excluding carboxylic acids is 1. The zero-order chi connectivity index (χ0) is 15.1. The van der Waals surface area contributed by atoms with Crippen LogP contribution in [-0.4, -0.2) is 19.2 Å². The van der Waals surface area contributed by atoms with Gasteiger partial charge >= 0.3 is 6.03 Å². The van der Waals surface area contributed by atoms with E-state index in [1.54, 1.807) is 11.3 Å². The average molecular weight is 304 g/mol.